The maximum atomic E-state index is 14.2. The van der Waals surface area contributed by atoms with E-state index in [0.29, 0.717) is 18.2 Å². The minimum atomic E-state index is -5.08. The molecule has 1 aliphatic heterocycles. The average Bonchev–Trinajstić information content (AvgIpc) is 3.63. The average molecular weight is 735 g/mol. The van der Waals surface area contributed by atoms with Crippen LogP contribution >= 0.6 is 23.1 Å². The number of rotatable bonds is 10. The van der Waals surface area contributed by atoms with E-state index in [2.05, 4.69) is 6.58 Å². The van der Waals surface area contributed by atoms with Gasteiger partial charge in [-0.1, -0.05) is 6.08 Å². The van der Waals surface area contributed by atoms with Gasteiger partial charge in [-0.05, 0) is 30.3 Å². The number of benzene rings is 1. The number of carbonyl (C=O) groups is 5. The van der Waals surface area contributed by atoms with E-state index in [4.69, 9.17) is 40.8 Å². The highest BCUT2D eigenvalue weighted by Crippen LogP contribution is 2.28. The lowest BCUT2D eigenvalue weighted by Gasteiger charge is -2.27. The number of esters is 1. The molecule has 0 bridgehead atoms. The van der Waals surface area contributed by atoms with E-state index in [1.54, 1.807) is 23.9 Å². The number of nitrogen functional groups attached to an aromatic ring is 1. The van der Waals surface area contributed by atoms with Crippen molar-refractivity contribution in [1.82, 2.24) is 9.80 Å². The summed E-state index contributed by atoms with van der Waals surface area (Å²) in [6.45, 7) is 3.70. The quantitative estimate of drug-likeness (QED) is 0.0592. The summed E-state index contributed by atoms with van der Waals surface area (Å²) in [6, 6.07) is 6.46. The van der Waals surface area contributed by atoms with Crippen LogP contribution in [0, 0.1) is 11.2 Å². The van der Waals surface area contributed by atoms with Crippen LogP contribution in [0.5, 0.6) is 5.75 Å². The Morgan fingerprint density at radius 2 is 1.60 bits per heavy atom. The number of carbonyl (C=O) groups excluding carboxylic acids is 2. The number of thioether (sulfide) groups is 1. The molecule has 0 aliphatic carbocycles. The van der Waals surface area contributed by atoms with E-state index in [1.165, 1.54) is 34.4 Å². The van der Waals surface area contributed by atoms with Crippen LogP contribution in [0.2, 0.25) is 0 Å². The Kier molecular flexibility index (Phi) is 15.5. The Hall–Kier alpha value is -4.70. The Labute approximate surface area is 273 Å². The number of nitrogens with one attached hydrogen (secondary N) is 1. The third-order valence-corrected chi connectivity index (χ3v) is 7.51. The number of aliphatic carboxylic acids is 3. The number of hydrogen-bond donors (Lipinski definition) is 5. The number of nitrogens with zero attached hydrogens (tertiary/aromatic N) is 2. The molecule has 48 heavy (non-hydrogen) atoms. The van der Waals surface area contributed by atoms with Gasteiger partial charge in [0.25, 0.3) is 0 Å². The van der Waals surface area contributed by atoms with Crippen molar-refractivity contribution in [2.45, 2.75) is 24.9 Å². The number of amidine groups is 1. The van der Waals surface area contributed by atoms with Crippen molar-refractivity contribution in [3.63, 3.8) is 0 Å². The Balaban J connectivity index is 0.000000687. The van der Waals surface area contributed by atoms with Gasteiger partial charge in [-0.2, -0.15) is 26.3 Å². The first-order chi connectivity index (χ1) is 22.1. The van der Waals surface area contributed by atoms with Gasteiger partial charge in [0.15, 0.2) is 11.6 Å². The summed E-state index contributed by atoms with van der Waals surface area (Å²) in [4.78, 5) is 58.5. The van der Waals surface area contributed by atoms with E-state index in [0.717, 1.165) is 10.9 Å². The van der Waals surface area contributed by atoms with E-state index in [9.17, 15) is 45.1 Å². The van der Waals surface area contributed by atoms with Crippen LogP contribution < -0.4 is 10.5 Å². The van der Waals surface area contributed by atoms with Gasteiger partial charge in [0.2, 0.25) is 5.91 Å². The molecule has 0 radical (unpaired) electrons. The van der Waals surface area contributed by atoms with Gasteiger partial charge in [-0.25, -0.2) is 18.8 Å². The summed E-state index contributed by atoms with van der Waals surface area (Å²) >= 11 is 2.73. The van der Waals surface area contributed by atoms with Crippen LogP contribution in [0.25, 0.3) is 0 Å². The Bertz CT molecular complexity index is 1490. The normalized spacial score (nSPS) is 14.4. The van der Waals surface area contributed by atoms with Gasteiger partial charge in [-0.15, -0.1) is 29.7 Å². The molecule has 0 saturated carbocycles. The van der Waals surface area contributed by atoms with Crippen LogP contribution in [-0.2, 0) is 25.7 Å². The van der Waals surface area contributed by atoms with E-state index >= 15 is 0 Å². The summed E-state index contributed by atoms with van der Waals surface area (Å²) in [5.41, 5.74) is 5.51. The topological polar surface area (TPSA) is 212 Å². The zero-order chi connectivity index (χ0) is 37.0. The first kappa shape index (κ1) is 41.3. The summed E-state index contributed by atoms with van der Waals surface area (Å²) in [5, 5.41) is 30.7. The number of carboxylic acid groups (broad SMARTS) is 3. The maximum absolute atomic E-state index is 14.2. The molecule has 1 atom stereocenters. The molecule has 1 aromatic heterocycles. The molecule has 1 amide bonds. The summed E-state index contributed by atoms with van der Waals surface area (Å²) in [7, 11) is 0. The molecular formula is C26H25F7N4O9S2. The van der Waals surface area contributed by atoms with Crippen molar-refractivity contribution in [1.29, 1.82) is 5.41 Å². The standard InChI is InChI=1S/C22H23FN4O5S2.2C2HF3O2/c1-2-7-26(10-19(28)29)21(30)16-11-33-12-27(16)9-14-4-6-18(34-14)22(31)32-17-5-3-13(20(24)25)8-15(17)23;2*3-2(4,5)1(6)7/h2-6,8,16H,1,7,9-12H2,(H3,24,25)(H,28,29);2*(H,6,7)/t16-;;/m0../s1. The highest BCUT2D eigenvalue weighted by Gasteiger charge is 2.39. The fourth-order valence-electron chi connectivity index (χ4n) is 3.30. The second kappa shape index (κ2) is 18.0. The lowest BCUT2D eigenvalue weighted by molar-refractivity contribution is -0.193. The zero-order valence-corrected chi connectivity index (χ0v) is 25.6. The lowest BCUT2D eigenvalue weighted by Crippen LogP contribution is -2.48. The highest BCUT2D eigenvalue weighted by atomic mass is 32.2. The van der Waals surface area contributed by atoms with Gasteiger partial charge >= 0.3 is 36.2 Å². The van der Waals surface area contributed by atoms with Crippen molar-refractivity contribution in [3.05, 3.63) is 64.1 Å². The molecule has 1 aliphatic rings. The van der Waals surface area contributed by atoms with Gasteiger partial charge in [0.05, 0.1) is 6.04 Å². The molecule has 1 aromatic carbocycles. The molecule has 6 N–H and O–H groups in total. The smallest absolute Gasteiger partial charge is 0.480 e. The SMILES string of the molecule is C=CCN(CC(=O)O)C(=O)[C@@H]1CSCN1Cc1ccc(C(=O)Oc2ccc(C(=N)N)cc2F)s1.O=C(O)C(F)(F)F.O=C(O)C(F)(F)F. The molecule has 13 nitrogen and oxygen atoms in total. The first-order valence-electron chi connectivity index (χ1n) is 12.6. The molecule has 22 heteroatoms. The van der Waals surface area contributed by atoms with Crippen LogP contribution in [0.4, 0.5) is 30.7 Å². The number of amides is 1. The van der Waals surface area contributed by atoms with Crippen LogP contribution in [0.15, 0.2) is 43.0 Å². The molecule has 2 aromatic rings. The lowest BCUT2D eigenvalue weighted by atomic mass is 10.2. The van der Waals surface area contributed by atoms with E-state index in [1.807, 2.05) is 4.90 Å². The zero-order valence-electron chi connectivity index (χ0n) is 24.0. The van der Waals surface area contributed by atoms with Crippen LogP contribution in [0.3, 0.4) is 0 Å². The van der Waals surface area contributed by atoms with Crippen molar-refractivity contribution >= 4 is 58.7 Å². The molecule has 2 heterocycles. The molecule has 3 rings (SSSR count). The minimum absolute atomic E-state index is 0.138. The predicted molar refractivity (Wildman–Crippen MR) is 155 cm³/mol. The molecule has 1 saturated heterocycles. The largest absolute Gasteiger partial charge is 0.490 e. The first-order valence-corrected chi connectivity index (χ1v) is 14.5. The highest BCUT2D eigenvalue weighted by molar-refractivity contribution is 7.99. The molecule has 0 spiro atoms. The van der Waals surface area contributed by atoms with Crippen LogP contribution in [0.1, 0.15) is 20.1 Å². The fourth-order valence-corrected chi connectivity index (χ4v) is 5.39. The van der Waals surface area contributed by atoms with E-state index in [-0.39, 0.29) is 34.5 Å². The van der Waals surface area contributed by atoms with Gasteiger partial charge in [0, 0.05) is 35.2 Å². The third-order valence-electron chi connectivity index (χ3n) is 5.40. The monoisotopic (exact) mass is 734 g/mol. The number of carboxylic acids is 3. The fraction of sp³-hybridized carbons (Fsp3) is 0.308. The van der Waals surface area contributed by atoms with Crippen molar-refractivity contribution in [2.24, 2.45) is 5.73 Å². The number of halogens is 7. The van der Waals surface area contributed by atoms with Gasteiger partial charge in [-0.3, -0.25) is 19.9 Å². The molecule has 264 valence electrons. The van der Waals surface area contributed by atoms with Gasteiger partial charge < -0.3 is 30.7 Å². The van der Waals surface area contributed by atoms with E-state index < -0.39 is 54.6 Å². The third kappa shape index (κ3) is 13.6. The van der Waals surface area contributed by atoms with Crippen molar-refractivity contribution in [2.75, 3.05) is 24.7 Å². The number of alkyl halides is 6. The van der Waals surface area contributed by atoms with Gasteiger partial charge in [0.1, 0.15) is 17.3 Å². The number of nitrogens with two attached hydrogens (primary N) is 1. The number of hydrogen-bond acceptors (Lipinski definition) is 10. The Morgan fingerprint density at radius 1 is 1.04 bits per heavy atom. The van der Waals surface area contributed by atoms with Crippen LogP contribution in [-0.4, -0.2) is 104 Å². The van der Waals surface area contributed by atoms with Crippen molar-refractivity contribution < 1.29 is 74.8 Å². The predicted octanol–water partition coefficient (Wildman–Crippen LogP) is 3.63. The molecule has 1 fully saturated rings. The number of ether oxygens (including phenoxy) is 1. The second-order valence-electron chi connectivity index (χ2n) is 8.98. The summed E-state index contributed by atoms with van der Waals surface area (Å²) < 4.78 is 82.8. The minimum Gasteiger partial charge on any atom is -0.480 e. The molecule has 0 unspecified atom stereocenters. The number of thiophene rings is 1. The second-order valence-corrected chi connectivity index (χ2v) is 11.2. The summed E-state index contributed by atoms with van der Waals surface area (Å²) in [6.07, 6.45) is -8.68. The van der Waals surface area contributed by atoms with Crippen molar-refractivity contribution in [3.8, 4) is 5.75 Å². The Morgan fingerprint density at radius 3 is 2.06 bits per heavy atom. The maximum Gasteiger partial charge on any atom is 0.490 e. The summed E-state index contributed by atoms with van der Waals surface area (Å²) in [5.74, 6) is -7.89. The molecular weight excluding hydrogens is 709 g/mol.